The third-order valence-electron chi connectivity index (χ3n) is 4.86. The first-order chi connectivity index (χ1) is 13.4. The smallest absolute Gasteiger partial charge is 0.339 e. The van der Waals surface area contributed by atoms with Gasteiger partial charge in [0.2, 0.25) is 0 Å². The predicted octanol–water partition coefficient (Wildman–Crippen LogP) is 2.83. The molecule has 0 saturated carbocycles. The molecule has 1 N–H and O–H groups in total. The molecular weight excluding hydrogens is 378 g/mol. The van der Waals surface area contributed by atoms with Crippen LogP contribution in [0.2, 0.25) is 0 Å². The molecule has 0 bridgehead atoms. The summed E-state index contributed by atoms with van der Waals surface area (Å²) in [6.07, 6.45) is 2.79. The average molecular weight is 401 g/mol. The number of carbonyl (C=O) groups is 2. The van der Waals surface area contributed by atoms with Crippen molar-refractivity contribution in [1.82, 2.24) is 5.32 Å². The normalized spacial score (nSPS) is 16.1. The zero-order chi connectivity index (χ0) is 20.1. The highest BCUT2D eigenvalue weighted by atomic mass is 32.2. The lowest BCUT2D eigenvalue weighted by Gasteiger charge is -2.26. The van der Waals surface area contributed by atoms with Gasteiger partial charge in [-0.1, -0.05) is 43.3 Å². The van der Waals surface area contributed by atoms with Gasteiger partial charge < -0.3 is 10.1 Å². The summed E-state index contributed by atoms with van der Waals surface area (Å²) >= 11 is 0. The molecule has 0 radical (unpaired) electrons. The molecule has 2 aromatic carbocycles. The van der Waals surface area contributed by atoms with E-state index in [1.807, 2.05) is 18.2 Å². The summed E-state index contributed by atoms with van der Waals surface area (Å²) in [4.78, 5) is 24.6. The van der Waals surface area contributed by atoms with E-state index in [4.69, 9.17) is 4.74 Å². The van der Waals surface area contributed by atoms with Gasteiger partial charge >= 0.3 is 5.97 Å². The number of ether oxygens (including phenoxy) is 1. The quantitative estimate of drug-likeness (QED) is 0.752. The van der Waals surface area contributed by atoms with Crippen LogP contribution in [0.1, 0.15) is 47.3 Å². The number of nitrogens with one attached hydrogen (secondary N) is 1. The van der Waals surface area contributed by atoms with Crippen LogP contribution in [0.5, 0.6) is 0 Å². The Balaban J connectivity index is 1.64. The van der Waals surface area contributed by atoms with Crippen LogP contribution in [0.15, 0.2) is 53.4 Å². The van der Waals surface area contributed by atoms with Gasteiger partial charge in [-0.15, -0.1) is 0 Å². The zero-order valence-electron chi connectivity index (χ0n) is 15.7. The van der Waals surface area contributed by atoms with Crippen LogP contribution in [0, 0.1) is 0 Å². The number of sulfone groups is 1. The number of rotatable bonds is 6. The molecule has 0 spiro atoms. The highest BCUT2D eigenvalue weighted by Crippen LogP contribution is 2.29. The number of hydrogen-bond donors (Lipinski definition) is 1. The fraction of sp³-hybridized carbons (Fsp3) is 0.333. The topological polar surface area (TPSA) is 89.5 Å². The minimum Gasteiger partial charge on any atom is -0.452 e. The number of amides is 1. The highest BCUT2D eigenvalue weighted by Gasteiger charge is 2.24. The SMILES string of the molecule is CCS(=O)(=O)c1ccccc1C(=O)OCC(=O)N[C@H]1CCCc2ccccc21. The van der Waals surface area contributed by atoms with Gasteiger partial charge in [0, 0.05) is 0 Å². The Morgan fingerprint density at radius 3 is 2.61 bits per heavy atom. The largest absolute Gasteiger partial charge is 0.452 e. The van der Waals surface area contributed by atoms with Gasteiger partial charge in [-0.05, 0) is 42.5 Å². The lowest BCUT2D eigenvalue weighted by Crippen LogP contribution is -2.34. The van der Waals surface area contributed by atoms with Crippen molar-refractivity contribution in [3.63, 3.8) is 0 Å². The molecule has 0 fully saturated rings. The van der Waals surface area contributed by atoms with Crippen LogP contribution in [-0.2, 0) is 25.8 Å². The van der Waals surface area contributed by atoms with Crippen molar-refractivity contribution in [2.75, 3.05) is 12.4 Å². The summed E-state index contributed by atoms with van der Waals surface area (Å²) in [6, 6.07) is 13.7. The molecule has 0 saturated heterocycles. The maximum atomic E-state index is 12.4. The van der Waals surface area contributed by atoms with Gasteiger partial charge in [0.1, 0.15) is 0 Å². The molecule has 6 nitrogen and oxygen atoms in total. The van der Waals surface area contributed by atoms with E-state index in [2.05, 4.69) is 11.4 Å². The van der Waals surface area contributed by atoms with Gasteiger partial charge in [0.15, 0.2) is 16.4 Å². The van der Waals surface area contributed by atoms with Gasteiger partial charge in [-0.3, -0.25) is 4.79 Å². The molecule has 1 aliphatic rings. The molecule has 1 aliphatic carbocycles. The van der Waals surface area contributed by atoms with E-state index in [0.717, 1.165) is 24.8 Å². The highest BCUT2D eigenvalue weighted by molar-refractivity contribution is 7.91. The molecule has 1 atom stereocenters. The standard InChI is InChI=1S/C21H23NO5S/c1-2-28(25,26)19-13-6-5-11-17(19)21(24)27-14-20(23)22-18-12-7-9-15-8-3-4-10-16(15)18/h3-6,8,10-11,13,18H,2,7,9,12,14H2,1H3,(H,22,23)/t18-/m0/s1. The van der Waals surface area contributed by atoms with Gasteiger partial charge in [0.05, 0.1) is 22.3 Å². The van der Waals surface area contributed by atoms with Crippen molar-refractivity contribution < 1.29 is 22.7 Å². The van der Waals surface area contributed by atoms with Crippen LogP contribution in [0.25, 0.3) is 0 Å². The number of fused-ring (bicyclic) bond motifs is 1. The lowest BCUT2D eigenvalue weighted by molar-refractivity contribution is -0.125. The second-order valence-corrected chi connectivity index (χ2v) is 8.93. The third kappa shape index (κ3) is 4.42. The van der Waals surface area contributed by atoms with E-state index >= 15 is 0 Å². The third-order valence-corrected chi connectivity index (χ3v) is 6.65. The Morgan fingerprint density at radius 2 is 1.82 bits per heavy atom. The molecular formula is C21H23NO5S. The fourth-order valence-electron chi connectivity index (χ4n) is 3.41. The molecule has 7 heteroatoms. The zero-order valence-corrected chi connectivity index (χ0v) is 16.5. The molecule has 0 aliphatic heterocycles. The number of hydrogen-bond acceptors (Lipinski definition) is 5. The molecule has 0 aromatic heterocycles. The Labute approximate surface area is 164 Å². The van der Waals surface area contributed by atoms with E-state index < -0.39 is 28.3 Å². The summed E-state index contributed by atoms with van der Waals surface area (Å²) < 4.78 is 29.4. The average Bonchev–Trinajstić information content (AvgIpc) is 2.72. The fourth-order valence-corrected chi connectivity index (χ4v) is 4.49. The van der Waals surface area contributed by atoms with Crippen molar-refractivity contribution in [1.29, 1.82) is 0 Å². The first kappa shape index (κ1) is 20.1. The van der Waals surface area contributed by atoms with Crippen molar-refractivity contribution in [3.8, 4) is 0 Å². The lowest BCUT2D eigenvalue weighted by atomic mass is 9.88. The van der Waals surface area contributed by atoms with Crippen molar-refractivity contribution in [3.05, 3.63) is 65.2 Å². The summed E-state index contributed by atoms with van der Waals surface area (Å²) in [5.41, 5.74) is 2.25. The van der Waals surface area contributed by atoms with Crippen LogP contribution < -0.4 is 5.32 Å². The van der Waals surface area contributed by atoms with Crippen LogP contribution in [-0.4, -0.2) is 32.7 Å². The Bertz CT molecular complexity index is 984. The van der Waals surface area contributed by atoms with Gasteiger partial charge in [0.25, 0.3) is 5.91 Å². The summed E-state index contributed by atoms with van der Waals surface area (Å²) in [7, 11) is -3.57. The minimum absolute atomic E-state index is 0.0554. The molecule has 28 heavy (non-hydrogen) atoms. The Kier molecular flexibility index (Phi) is 6.14. The maximum Gasteiger partial charge on any atom is 0.339 e. The molecule has 1 amide bonds. The predicted molar refractivity (Wildman–Crippen MR) is 105 cm³/mol. The van der Waals surface area contributed by atoms with Crippen LogP contribution in [0.3, 0.4) is 0 Å². The minimum atomic E-state index is -3.57. The molecule has 0 unspecified atom stereocenters. The van der Waals surface area contributed by atoms with E-state index in [9.17, 15) is 18.0 Å². The molecule has 3 rings (SSSR count). The van der Waals surface area contributed by atoms with E-state index in [1.54, 1.807) is 12.1 Å². The first-order valence-electron chi connectivity index (χ1n) is 9.28. The van der Waals surface area contributed by atoms with Crippen molar-refractivity contribution >= 4 is 21.7 Å². The summed E-state index contributed by atoms with van der Waals surface area (Å²) in [5.74, 6) is -1.36. The molecule has 0 heterocycles. The number of esters is 1. The van der Waals surface area contributed by atoms with Crippen LogP contribution >= 0.6 is 0 Å². The summed E-state index contributed by atoms with van der Waals surface area (Å²) in [5, 5.41) is 2.90. The Morgan fingerprint density at radius 1 is 1.11 bits per heavy atom. The number of carbonyl (C=O) groups excluding carboxylic acids is 2. The van der Waals surface area contributed by atoms with Crippen molar-refractivity contribution in [2.24, 2.45) is 0 Å². The van der Waals surface area contributed by atoms with Crippen LogP contribution in [0.4, 0.5) is 0 Å². The second-order valence-electron chi connectivity index (χ2n) is 6.69. The monoisotopic (exact) mass is 401 g/mol. The van der Waals surface area contributed by atoms with E-state index in [0.29, 0.717) is 0 Å². The first-order valence-corrected chi connectivity index (χ1v) is 10.9. The van der Waals surface area contributed by atoms with E-state index in [-0.39, 0.29) is 22.3 Å². The number of benzene rings is 2. The van der Waals surface area contributed by atoms with Gasteiger partial charge in [-0.2, -0.15) is 0 Å². The Hall–Kier alpha value is -2.67. The van der Waals surface area contributed by atoms with Gasteiger partial charge in [-0.25, -0.2) is 13.2 Å². The second kappa shape index (κ2) is 8.56. The summed E-state index contributed by atoms with van der Waals surface area (Å²) in [6.45, 7) is 1.05. The van der Waals surface area contributed by atoms with Crippen molar-refractivity contribution in [2.45, 2.75) is 37.1 Å². The molecule has 2 aromatic rings. The maximum absolute atomic E-state index is 12.4. The molecule has 148 valence electrons. The number of aryl methyl sites for hydroxylation is 1. The van der Waals surface area contributed by atoms with E-state index in [1.165, 1.54) is 24.6 Å².